The summed E-state index contributed by atoms with van der Waals surface area (Å²) in [5.41, 5.74) is 3.02. The Kier molecular flexibility index (Phi) is 10.5. The number of carbonyl (C=O) groups is 2. The molecule has 46 heavy (non-hydrogen) atoms. The number of nitrogens with one attached hydrogen (secondary N) is 1. The van der Waals surface area contributed by atoms with Crippen molar-refractivity contribution in [2.45, 2.75) is 69.5 Å². The lowest BCUT2D eigenvalue weighted by Gasteiger charge is -2.34. The Balaban J connectivity index is 1.59. The van der Waals surface area contributed by atoms with Crippen molar-refractivity contribution in [1.29, 1.82) is 0 Å². The fourth-order valence-corrected chi connectivity index (χ4v) is 7.55. The lowest BCUT2D eigenvalue weighted by molar-refractivity contribution is -0.140. The van der Waals surface area contributed by atoms with E-state index in [0.717, 1.165) is 41.1 Å². The van der Waals surface area contributed by atoms with Crippen molar-refractivity contribution in [2.75, 3.05) is 10.8 Å². The van der Waals surface area contributed by atoms with Gasteiger partial charge in [-0.1, -0.05) is 97.3 Å². The van der Waals surface area contributed by atoms with Gasteiger partial charge < -0.3 is 10.2 Å². The van der Waals surface area contributed by atoms with Crippen molar-refractivity contribution < 1.29 is 22.4 Å². The van der Waals surface area contributed by atoms with Crippen LogP contribution in [0.4, 0.5) is 10.1 Å². The lowest BCUT2D eigenvalue weighted by Crippen LogP contribution is -2.54. The molecule has 0 aromatic heterocycles. The van der Waals surface area contributed by atoms with E-state index in [2.05, 4.69) is 5.32 Å². The van der Waals surface area contributed by atoms with Crippen molar-refractivity contribution in [3.8, 4) is 0 Å². The van der Waals surface area contributed by atoms with Crippen LogP contribution in [0.3, 0.4) is 0 Å². The standard InChI is InChI=1S/C37H40FN3O4S/c1-27-21-22-34(28(2)23-27)41(46(44,45)32-18-7-4-8-19-32)26-36(42)40(25-30-15-9-12-20-33(30)38)35(24-29-13-5-3-6-14-29)37(43)39-31-16-10-11-17-31/h3-9,12-15,18-23,31,35H,10-11,16-17,24-26H2,1-2H3,(H,39,43)/t35-/m1/s1. The molecular weight excluding hydrogens is 601 g/mol. The molecule has 4 aromatic rings. The molecule has 4 aromatic carbocycles. The highest BCUT2D eigenvalue weighted by Crippen LogP contribution is 2.29. The van der Waals surface area contributed by atoms with Crippen LogP contribution in [0.1, 0.15) is 47.9 Å². The average molecular weight is 642 g/mol. The minimum Gasteiger partial charge on any atom is -0.352 e. The summed E-state index contributed by atoms with van der Waals surface area (Å²) in [7, 11) is -4.21. The maximum atomic E-state index is 15.1. The van der Waals surface area contributed by atoms with Crippen molar-refractivity contribution in [3.05, 3.63) is 131 Å². The number of rotatable bonds is 12. The fourth-order valence-electron chi connectivity index (χ4n) is 6.05. The summed E-state index contributed by atoms with van der Waals surface area (Å²) in [4.78, 5) is 30.0. The largest absolute Gasteiger partial charge is 0.352 e. The third-order valence-corrected chi connectivity index (χ3v) is 10.3. The van der Waals surface area contributed by atoms with Crippen LogP contribution in [-0.4, -0.2) is 43.8 Å². The summed E-state index contributed by atoms with van der Waals surface area (Å²) in [5.74, 6) is -1.48. The highest BCUT2D eigenvalue weighted by molar-refractivity contribution is 7.92. The Morgan fingerprint density at radius 1 is 0.870 bits per heavy atom. The summed E-state index contributed by atoms with van der Waals surface area (Å²) in [6.07, 6.45) is 3.89. The van der Waals surface area contributed by atoms with Gasteiger partial charge in [0.2, 0.25) is 11.8 Å². The molecule has 240 valence electrons. The number of hydrogen-bond donors (Lipinski definition) is 1. The van der Waals surface area contributed by atoms with Crippen molar-refractivity contribution in [1.82, 2.24) is 10.2 Å². The molecule has 5 rings (SSSR count). The van der Waals surface area contributed by atoms with E-state index in [4.69, 9.17) is 0 Å². The van der Waals surface area contributed by atoms with Crippen molar-refractivity contribution in [2.24, 2.45) is 0 Å². The molecule has 0 unspecified atom stereocenters. The van der Waals surface area contributed by atoms with E-state index in [1.165, 1.54) is 23.1 Å². The molecule has 0 aliphatic heterocycles. The second kappa shape index (κ2) is 14.7. The van der Waals surface area contributed by atoms with E-state index in [1.54, 1.807) is 55.5 Å². The molecule has 1 N–H and O–H groups in total. The van der Waals surface area contributed by atoms with E-state index >= 15 is 4.39 Å². The second-order valence-electron chi connectivity index (χ2n) is 11.9. The number of hydrogen-bond acceptors (Lipinski definition) is 4. The molecule has 0 radical (unpaired) electrons. The summed E-state index contributed by atoms with van der Waals surface area (Å²) in [6.45, 7) is 2.90. The van der Waals surface area contributed by atoms with Gasteiger partial charge >= 0.3 is 0 Å². The van der Waals surface area contributed by atoms with Crippen LogP contribution in [0.5, 0.6) is 0 Å². The van der Waals surface area contributed by atoms with E-state index in [-0.39, 0.29) is 35.4 Å². The quantitative estimate of drug-likeness (QED) is 0.196. The number of aryl methyl sites for hydroxylation is 2. The van der Waals surface area contributed by atoms with Crippen LogP contribution in [0, 0.1) is 19.7 Å². The molecule has 1 saturated carbocycles. The third-order valence-electron chi connectivity index (χ3n) is 8.50. The van der Waals surface area contributed by atoms with E-state index in [1.807, 2.05) is 43.3 Å². The Hall–Kier alpha value is -4.50. The second-order valence-corrected chi connectivity index (χ2v) is 13.8. The van der Waals surface area contributed by atoms with E-state index in [0.29, 0.717) is 11.3 Å². The van der Waals surface area contributed by atoms with Crippen LogP contribution >= 0.6 is 0 Å². The predicted octanol–water partition coefficient (Wildman–Crippen LogP) is 6.34. The first-order valence-electron chi connectivity index (χ1n) is 15.7. The summed E-state index contributed by atoms with van der Waals surface area (Å²) in [5, 5.41) is 3.13. The normalized spacial score (nSPS) is 14.1. The molecule has 1 aliphatic rings. The van der Waals surface area contributed by atoms with Crippen LogP contribution in [0.15, 0.2) is 108 Å². The molecular formula is C37H40FN3O4S. The number of sulfonamides is 1. The number of amides is 2. The molecule has 0 saturated heterocycles. The van der Waals surface area contributed by atoms with Crippen LogP contribution in [0.25, 0.3) is 0 Å². The van der Waals surface area contributed by atoms with Gasteiger partial charge in [0.05, 0.1) is 10.6 Å². The van der Waals surface area contributed by atoms with Gasteiger partial charge in [0.25, 0.3) is 10.0 Å². The van der Waals surface area contributed by atoms with Gasteiger partial charge in [-0.25, -0.2) is 12.8 Å². The molecule has 0 spiro atoms. The first-order valence-corrected chi connectivity index (χ1v) is 17.1. The average Bonchev–Trinajstić information content (AvgIpc) is 3.56. The van der Waals surface area contributed by atoms with Gasteiger partial charge in [0, 0.05) is 24.6 Å². The Labute approximate surface area is 271 Å². The van der Waals surface area contributed by atoms with Gasteiger partial charge in [-0.3, -0.25) is 13.9 Å². The Morgan fingerprint density at radius 3 is 2.15 bits per heavy atom. The Morgan fingerprint density at radius 2 is 1.50 bits per heavy atom. The monoisotopic (exact) mass is 641 g/mol. The van der Waals surface area contributed by atoms with Crippen LogP contribution in [-0.2, 0) is 32.6 Å². The molecule has 0 bridgehead atoms. The molecule has 1 fully saturated rings. The molecule has 0 heterocycles. The van der Waals surface area contributed by atoms with Gasteiger partial charge in [-0.05, 0) is 62.1 Å². The van der Waals surface area contributed by atoms with Gasteiger partial charge in [0.1, 0.15) is 18.4 Å². The summed E-state index contributed by atoms with van der Waals surface area (Å²) in [6, 6.07) is 27.7. The summed E-state index contributed by atoms with van der Waals surface area (Å²) >= 11 is 0. The Bertz CT molecular complexity index is 1760. The molecule has 1 atom stereocenters. The van der Waals surface area contributed by atoms with Crippen LogP contribution in [0.2, 0.25) is 0 Å². The lowest BCUT2D eigenvalue weighted by atomic mass is 10.0. The van der Waals surface area contributed by atoms with Gasteiger partial charge in [-0.15, -0.1) is 0 Å². The third kappa shape index (κ3) is 7.83. The summed E-state index contributed by atoms with van der Waals surface area (Å²) < 4.78 is 44.6. The highest BCUT2D eigenvalue weighted by Gasteiger charge is 2.36. The van der Waals surface area contributed by atoms with E-state index in [9.17, 15) is 18.0 Å². The first-order chi connectivity index (χ1) is 22.1. The van der Waals surface area contributed by atoms with E-state index < -0.39 is 34.3 Å². The molecule has 1 aliphatic carbocycles. The number of benzene rings is 4. The minimum atomic E-state index is -4.21. The van der Waals surface area contributed by atoms with Gasteiger partial charge in [-0.2, -0.15) is 0 Å². The molecule has 9 heteroatoms. The first kappa shape index (κ1) is 32.9. The van der Waals surface area contributed by atoms with Crippen molar-refractivity contribution >= 4 is 27.5 Å². The maximum absolute atomic E-state index is 15.1. The number of halogens is 1. The molecule has 2 amide bonds. The fraction of sp³-hybridized carbons (Fsp3) is 0.297. The highest BCUT2D eigenvalue weighted by atomic mass is 32.2. The van der Waals surface area contributed by atoms with Crippen molar-refractivity contribution in [3.63, 3.8) is 0 Å². The van der Waals surface area contributed by atoms with Crippen LogP contribution < -0.4 is 9.62 Å². The molecule has 7 nitrogen and oxygen atoms in total. The smallest absolute Gasteiger partial charge is 0.264 e. The zero-order valence-electron chi connectivity index (χ0n) is 26.2. The zero-order valence-corrected chi connectivity index (χ0v) is 27.0. The predicted molar refractivity (Wildman–Crippen MR) is 178 cm³/mol. The number of anilines is 1. The van der Waals surface area contributed by atoms with Gasteiger partial charge in [0.15, 0.2) is 0 Å². The topological polar surface area (TPSA) is 86.8 Å². The zero-order chi connectivity index (χ0) is 32.7. The number of nitrogens with zero attached hydrogens (tertiary/aromatic N) is 2. The SMILES string of the molecule is Cc1ccc(N(CC(=O)N(Cc2ccccc2F)[C@H](Cc2ccccc2)C(=O)NC2CCCC2)S(=O)(=O)c2ccccc2)c(C)c1. The minimum absolute atomic E-state index is 0.0126. The maximum Gasteiger partial charge on any atom is 0.264 e. The number of carbonyl (C=O) groups excluding carboxylic acids is 2.